The zero-order valence-corrected chi connectivity index (χ0v) is 8.46. The Kier molecular flexibility index (Phi) is 4.26. The molecular weight excluding hydrogens is 164 g/mol. The summed E-state index contributed by atoms with van der Waals surface area (Å²) in [4.78, 5) is 10.3. The van der Waals surface area contributed by atoms with Gasteiger partial charge >= 0.3 is 5.97 Å². The molecule has 1 aliphatic carbocycles. The van der Waals surface area contributed by atoms with Crippen molar-refractivity contribution in [2.45, 2.75) is 51.9 Å². The Hall–Kier alpha value is -0.530. The van der Waals surface area contributed by atoms with Crippen molar-refractivity contribution in [3.63, 3.8) is 0 Å². The third-order valence-electron chi connectivity index (χ3n) is 3.07. The molecular formula is C11H20O2. The molecule has 2 heteroatoms. The minimum absolute atomic E-state index is 0.366. The van der Waals surface area contributed by atoms with E-state index in [1.54, 1.807) is 0 Å². The maximum absolute atomic E-state index is 10.3. The standard InChI is InChI=1S/C11H20O2/c1-2-3-4-9-7-10(8-9)5-6-11(12)13/h9-10H,2-8H2,1H3,(H,12,13). The fraction of sp³-hybridized carbons (Fsp3) is 0.909. The summed E-state index contributed by atoms with van der Waals surface area (Å²) in [6.07, 6.45) is 7.83. The number of carboxylic acids is 1. The summed E-state index contributed by atoms with van der Waals surface area (Å²) in [6, 6.07) is 0. The Labute approximate surface area is 80.3 Å². The van der Waals surface area contributed by atoms with Gasteiger partial charge in [0.15, 0.2) is 0 Å². The first kappa shape index (κ1) is 10.6. The second-order valence-corrected chi connectivity index (χ2v) is 4.28. The second-order valence-electron chi connectivity index (χ2n) is 4.28. The van der Waals surface area contributed by atoms with Crippen LogP contribution in [0.2, 0.25) is 0 Å². The average molecular weight is 184 g/mol. The molecule has 0 saturated heterocycles. The summed E-state index contributed by atoms with van der Waals surface area (Å²) < 4.78 is 0. The topological polar surface area (TPSA) is 37.3 Å². The predicted octanol–water partition coefficient (Wildman–Crippen LogP) is 3.07. The van der Waals surface area contributed by atoms with Gasteiger partial charge in [0.25, 0.3) is 0 Å². The molecule has 76 valence electrons. The van der Waals surface area contributed by atoms with Crippen molar-refractivity contribution in [1.29, 1.82) is 0 Å². The van der Waals surface area contributed by atoms with Gasteiger partial charge < -0.3 is 5.11 Å². The fourth-order valence-electron chi connectivity index (χ4n) is 2.17. The van der Waals surface area contributed by atoms with Gasteiger partial charge in [-0.25, -0.2) is 0 Å². The van der Waals surface area contributed by atoms with E-state index in [0.29, 0.717) is 6.42 Å². The van der Waals surface area contributed by atoms with Crippen molar-refractivity contribution in [3.8, 4) is 0 Å². The van der Waals surface area contributed by atoms with Crippen molar-refractivity contribution in [1.82, 2.24) is 0 Å². The Balaban J connectivity index is 1.95. The molecule has 0 amide bonds. The normalized spacial score (nSPS) is 26.8. The van der Waals surface area contributed by atoms with Crippen molar-refractivity contribution in [2.75, 3.05) is 0 Å². The fourth-order valence-corrected chi connectivity index (χ4v) is 2.17. The van der Waals surface area contributed by atoms with E-state index in [2.05, 4.69) is 6.92 Å². The van der Waals surface area contributed by atoms with Crippen LogP contribution in [0.3, 0.4) is 0 Å². The molecule has 0 aromatic heterocycles. The summed E-state index contributed by atoms with van der Waals surface area (Å²) in [5.74, 6) is 0.994. The number of carbonyl (C=O) groups is 1. The summed E-state index contributed by atoms with van der Waals surface area (Å²) >= 11 is 0. The SMILES string of the molecule is CCCCC1CC(CCC(=O)O)C1. The summed E-state index contributed by atoms with van der Waals surface area (Å²) in [5, 5.41) is 8.49. The van der Waals surface area contributed by atoms with Gasteiger partial charge in [0.05, 0.1) is 0 Å². The van der Waals surface area contributed by atoms with E-state index in [4.69, 9.17) is 5.11 Å². The average Bonchev–Trinajstić information content (AvgIpc) is 2.00. The van der Waals surface area contributed by atoms with E-state index >= 15 is 0 Å². The van der Waals surface area contributed by atoms with Crippen molar-refractivity contribution in [3.05, 3.63) is 0 Å². The molecule has 0 aromatic rings. The molecule has 0 heterocycles. The predicted molar refractivity (Wildman–Crippen MR) is 52.6 cm³/mol. The summed E-state index contributed by atoms with van der Waals surface area (Å²) in [5.41, 5.74) is 0. The van der Waals surface area contributed by atoms with Crippen molar-refractivity contribution in [2.24, 2.45) is 11.8 Å². The maximum Gasteiger partial charge on any atom is 0.303 e. The summed E-state index contributed by atoms with van der Waals surface area (Å²) in [6.45, 7) is 2.22. The Bertz CT molecular complexity index is 159. The molecule has 13 heavy (non-hydrogen) atoms. The highest BCUT2D eigenvalue weighted by atomic mass is 16.4. The molecule has 1 fully saturated rings. The number of rotatable bonds is 6. The van der Waals surface area contributed by atoms with E-state index in [1.165, 1.54) is 32.1 Å². The van der Waals surface area contributed by atoms with Gasteiger partial charge in [-0.3, -0.25) is 4.79 Å². The maximum atomic E-state index is 10.3. The van der Waals surface area contributed by atoms with E-state index in [1.807, 2.05) is 0 Å². The highest BCUT2D eigenvalue weighted by Gasteiger charge is 2.28. The minimum atomic E-state index is -0.642. The van der Waals surface area contributed by atoms with Crippen molar-refractivity contribution >= 4 is 5.97 Å². The van der Waals surface area contributed by atoms with E-state index < -0.39 is 5.97 Å². The largest absolute Gasteiger partial charge is 0.481 e. The molecule has 0 aliphatic heterocycles. The highest BCUT2D eigenvalue weighted by Crippen LogP contribution is 2.39. The quantitative estimate of drug-likeness (QED) is 0.688. The van der Waals surface area contributed by atoms with Crippen molar-refractivity contribution < 1.29 is 9.90 Å². The first-order valence-corrected chi connectivity index (χ1v) is 5.44. The zero-order chi connectivity index (χ0) is 9.68. The van der Waals surface area contributed by atoms with Crippen LogP contribution < -0.4 is 0 Å². The molecule has 2 nitrogen and oxygen atoms in total. The zero-order valence-electron chi connectivity index (χ0n) is 8.46. The van der Waals surface area contributed by atoms with E-state index in [-0.39, 0.29) is 0 Å². The third-order valence-corrected chi connectivity index (χ3v) is 3.07. The first-order valence-electron chi connectivity index (χ1n) is 5.44. The van der Waals surface area contributed by atoms with Gasteiger partial charge in [0, 0.05) is 6.42 Å². The Morgan fingerprint density at radius 1 is 1.31 bits per heavy atom. The molecule has 1 N–H and O–H groups in total. The van der Waals surface area contributed by atoms with Crippen LogP contribution in [0.25, 0.3) is 0 Å². The molecule has 0 bridgehead atoms. The van der Waals surface area contributed by atoms with Gasteiger partial charge in [0.1, 0.15) is 0 Å². The Morgan fingerprint density at radius 3 is 2.46 bits per heavy atom. The van der Waals surface area contributed by atoms with Crippen LogP contribution >= 0.6 is 0 Å². The van der Waals surface area contributed by atoms with Gasteiger partial charge in [0.2, 0.25) is 0 Å². The molecule has 0 unspecified atom stereocenters. The second kappa shape index (κ2) is 5.25. The number of hydrogen-bond donors (Lipinski definition) is 1. The first-order chi connectivity index (χ1) is 6.22. The Morgan fingerprint density at radius 2 is 1.92 bits per heavy atom. The molecule has 0 atom stereocenters. The molecule has 1 aliphatic rings. The highest BCUT2D eigenvalue weighted by molar-refractivity contribution is 5.66. The smallest absolute Gasteiger partial charge is 0.303 e. The van der Waals surface area contributed by atoms with Gasteiger partial charge in [-0.05, 0) is 31.1 Å². The molecule has 0 aromatic carbocycles. The lowest BCUT2D eigenvalue weighted by molar-refractivity contribution is -0.137. The number of carboxylic acid groups (broad SMARTS) is 1. The summed E-state index contributed by atoms with van der Waals surface area (Å²) in [7, 11) is 0. The van der Waals surface area contributed by atoms with Crippen LogP contribution in [0.4, 0.5) is 0 Å². The molecule has 0 spiro atoms. The minimum Gasteiger partial charge on any atom is -0.481 e. The van der Waals surface area contributed by atoms with Crippen LogP contribution in [0.1, 0.15) is 51.9 Å². The van der Waals surface area contributed by atoms with Crippen LogP contribution in [0.15, 0.2) is 0 Å². The van der Waals surface area contributed by atoms with E-state index in [9.17, 15) is 4.79 Å². The number of aliphatic carboxylic acids is 1. The van der Waals surface area contributed by atoms with Crippen LogP contribution in [0.5, 0.6) is 0 Å². The molecule has 1 rings (SSSR count). The van der Waals surface area contributed by atoms with E-state index in [0.717, 1.165) is 18.3 Å². The van der Waals surface area contributed by atoms with Gasteiger partial charge in [-0.1, -0.05) is 26.2 Å². The molecule has 1 saturated carbocycles. The molecule has 0 radical (unpaired) electrons. The van der Waals surface area contributed by atoms with Crippen LogP contribution in [-0.2, 0) is 4.79 Å². The number of unbranched alkanes of at least 4 members (excludes halogenated alkanes) is 1. The monoisotopic (exact) mass is 184 g/mol. The third kappa shape index (κ3) is 3.79. The van der Waals surface area contributed by atoms with Crippen LogP contribution in [0, 0.1) is 11.8 Å². The lowest BCUT2D eigenvalue weighted by Gasteiger charge is -2.35. The van der Waals surface area contributed by atoms with Crippen LogP contribution in [-0.4, -0.2) is 11.1 Å². The van der Waals surface area contributed by atoms with Gasteiger partial charge in [-0.15, -0.1) is 0 Å². The lowest BCUT2D eigenvalue weighted by Crippen LogP contribution is -2.24. The number of hydrogen-bond acceptors (Lipinski definition) is 1. The van der Waals surface area contributed by atoms with Gasteiger partial charge in [-0.2, -0.15) is 0 Å². The lowest BCUT2D eigenvalue weighted by atomic mass is 9.71.